The van der Waals surface area contributed by atoms with Gasteiger partial charge in [0.05, 0.1) is 0 Å². The third-order valence-electron chi connectivity index (χ3n) is 12.6. The molecule has 1 aromatic heterocycles. The molecule has 0 atom stereocenters. The molecule has 56 heavy (non-hydrogen) atoms. The molecule has 1 aliphatic rings. The van der Waals surface area contributed by atoms with Gasteiger partial charge in [0.15, 0.2) is 0 Å². The second-order valence-electron chi connectivity index (χ2n) is 16.0. The fourth-order valence-corrected chi connectivity index (χ4v) is 11.1. The van der Waals surface area contributed by atoms with Crippen molar-refractivity contribution in [3.8, 4) is 44.5 Å². The summed E-state index contributed by atoms with van der Waals surface area (Å²) in [4.78, 5) is 0. The Balaban J connectivity index is 0.982. The van der Waals surface area contributed by atoms with E-state index in [0.717, 1.165) is 0 Å². The van der Waals surface area contributed by atoms with Crippen molar-refractivity contribution < 1.29 is 0 Å². The Hall–Kier alpha value is -6.54. The predicted octanol–water partition coefficient (Wildman–Crippen LogP) is 16.0. The first-order valence-corrected chi connectivity index (χ1v) is 20.4. The first-order chi connectivity index (χ1) is 27.5. The fraction of sp³-hybridized carbons (Fsp3) is 0.0545. The van der Waals surface area contributed by atoms with Crippen LogP contribution in [0.25, 0.3) is 108 Å². The SMILES string of the molecule is CC1(C)c2ccc(-c3ccc4cc(-c5c6ccccc6c(-c6ccccc6)c6ccccc56)ccc4c3)cc2-c2cc3c(ccc4c5ccccc5sc34)cc21. The molecule has 11 aromatic rings. The summed E-state index contributed by atoms with van der Waals surface area (Å²) in [6.07, 6.45) is 0. The highest BCUT2D eigenvalue weighted by Gasteiger charge is 2.36. The third kappa shape index (κ3) is 4.53. The molecule has 262 valence electrons. The summed E-state index contributed by atoms with van der Waals surface area (Å²) in [5.74, 6) is 0. The number of rotatable bonds is 3. The summed E-state index contributed by atoms with van der Waals surface area (Å²) in [6.45, 7) is 4.77. The van der Waals surface area contributed by atoms with Gasteiger partial charge in [-0.15, -0.1) is 11.3 Å². The van der Waals surface area contributed by atoms with E-state index in [1.807, 2.05) is 11.3 Å². The highest BCUT2D eigenvalue weighted by molar-refractivity contribution is 7.26. The van der Waals surface area contributed by atoms with Gasteiger partial charge in [-0.25, -0.2) is 0 Å². The van der Waals surface area contributed by atoms with E-state index in [2.05, 4.69) is 196 Å². The lowest BCUT2D eigenvalue weighted by Gasteiger charge is -2.22. The standard InChI is InChI=1S/C55H36S/c1-55(2)49-27-25-37(30-47(49)48-32-46-38(31-50(48)55)24-26-45-40-14-10-11-19-51(40)56-54(45)46)35-20-21-36-29-39(23-22-34(36)28-35)53-43-17-8-6-15-41(43)52(33-12-4-3-5-13-33)42-16-7-9-18-44(42)53/h3-32H,1-2H3. The Labute approximate surface area is 329 Å². The Bertz CT molecular complexity index is 3380. The van der Waals surface area contributed by atoms with Crippen LogP contribution in [0.15, 0.2) is 182 Å². The van der Waals surface area contributed by atoms with E-state index in [-0.39, 0.29) is 5.41 Å². The minimum Gasteiger partial charge on any atom is -0.135 e. The highest BCUT2D eigenvalue weighted by Crippen LogP contribution is 2.52. The molecule has 0 spiro atoms. The van der Waals surface area contributed by atoms with E-state index in [4.69, 9.17) is 0 Å². The second kappa shape index (κ2) is 11.7. The smallest absolute Gasteiger partial charge is 0.0434 e. The quantitative estimate of drug-likeness (QED) is 0.159. The lowest BCUT2D eigenvalue weighted by Crippen LogP contribution is -2.14. The Morgan fingerprint density at radius 1 is 0.339 bits per heavy atom. The van der Waals surface area contributed by atoms with Gasteiger partial charge in [0.25, 0.3) is 0 Å². The largest absolute Gasteiger partial charge is 0.135 e. The number of benzene rings is 10. The van der Waals surface area contributed by atoms with Crippen LogP contribution in [-0.2, 0) is 5.41 Å². The van der Waals surface area contributed by atoms with E-state index < -0.39 is 0 Å². The van der Waals surface area contributed by atoms with Crippen molar-refractivity contribution in [3.05, 3.63) is 193 Å². The lowest BCUT2D eigenvalue weighted by atomic mass is 9.81. The molecule has 0 N–H and O–H groups in total. The first kappa shape index (κ1) is 31.8. The molecular weight excluding hydrogens is 693 g/mol. The van der Waals surface area contributed by atoms with Crippen LogP contribution in [0, 0.1) is 0 Å². The first-order valence-electron chi connectivity index (χ1n) is 19.6. The number of thiophene rings is 1. The van der Waals surface area contributed by atoms with Gasteiger partial charge in [0.2, 0.25) is 0 Å². The van der Waals surface area contributed by atoms with Gasteiger partial charge < -0.3 is 0 Å². The summed E-state index contributed by atoms with van der Waals surface area (Å²) in [5, 5.41) is 13.0. The van der Waals surface area contributed by atoms with Crippen LogP contribution >= 0.6 is 11.3 Å². The van der Waals surface area contributed by atoms with E-state index in [1.165, 1.54) is 119 Å². The summed E-state index contributed by atoms with van der Waals surface area (Å²) in [7, 11) is 0. The molecule has 0 radical (unpaired) electrons. The molecule has 0 nitrogen and oxygen atoms in total. The maximum atomic E-state index is 2.49. The summed E-state index contributed by atoms with van der Waals surface area (Å²) in [5.41, 5.74) is 13.1. The van der Waals surface area contributed by atoms with Gasteiger partial charge in [-0.2, -0.15) is 0 Å². The van der Waals surface area contributed by atoms with Crippen LogP contribution in [-0.4, -0.2) is 0 Å². The topological polar surface area (TPSA) is 0 Å². The molecule has 12 rings (SSSR count). The molecule has 0 amide bonds. The van der Waals surface area contributed by atoms with Crippen LogP contribution in [0.3, 0.4) is 0 Å². The normalized spacial score (nSPS) is 13.3. The fourth-order valence-electron chi connectivity index (χ4n) is 9.87. The molecule has 0 saturated heterocycles. The zero-order chi connectivity index (χ0) is 37.1. The Morgan fingerprint density at radius 3 is 1.59 bits per heavy atom. The zero-order valence-corrected chi connectivity index (χ0v) is 32.0. The number of hydrogen-bond donors (Lipinski definition) is 0. The molecule has 1 heteroatoms. The van der Waals surface area contributed by atoms with Crippen LogP contribution in [0.1, 0.15) is 25.0 Å². The van der Waals surface area contributed by atoms with Crippen molar-refractivity contribution in [2.45, 2.75) is 19.3 Å². The van der Waals surface area contributed by atoms with Crippen molar-refractivity contribution >= 4 is 74.6 Å². The zero-order valence-electron chi connectivity index (χ0n) is 31.2. The molecule has 0 unspecified atom stereocenters. The number of fused-ring (bicyclic) bond motifs is 11. The van der Waals surface area contributed by atoms with E-state index in [9.17, 15) is 0 Å². The number of hydrogen-bond acceptors (Lipinski definition) is 1. The van der Waals surface area contributed by atoms with E-state index >= 15 is 0 Å². The average Bonchev–Trinajstić information content (AvgIpc) is 3.73. The van der Waals surface area contributed by atoms with Crippen molar-refractivity contribution in [2.75, 3.05) is 0 Å². The molecule has 0 aliphatic heterocycles. The Morgan fingerprint density at radius 2 is 0.875 bits per heavy atom. The average molecular weight is 729 g/mol. The maximum Gasteiger partial charge on any atom is 0.0434 e. The minimum absolute atomic E-state index is 0.0695. The van der Waals surface area contributed by atoms with Crippen molar-refractivity contribution in [3.63, 3.8) is 0 Å². The molecular formula is C55H36S. The summed E-state index contributed by atoms with van der Waals surface area (Å²) >= 11 is 1.92. The van der Waals surface area contributed by atoms with Gasteiger partial charge in [-0.3, -0.25) is 0 Å². The molecule has 10 aromatic carbocycles. The van der Waals surface area contributed by atoms with Crippen molar-refractivity contribution in [2.24, 2.45) is 0 Å². The van der Waals surface area contributed by atoms with Gasteiger partial charge in [-0.1, -0.05) is 159 Å². The van der Waals surface area contributed by atoms with Crippen molar-refractivity contribution in [1.29, 1.82) is 0 Å². The summed E-state index contributed by atoms with van der Waals surface area (Å²) in [6, 6.07) is 68.2. The van der Waals surface area contributed by atoms with Crippen LogP contribution in [0.4, 0.5) is 0 Å². The van der Waals surface area contributed by atoms with Gasteiger partial charge in [0.1, 0.15) is 0 Å². The highest BCUT2D eigenvalue weighted by atomic mass is 32.1. The van der Waals surface area contributed by atoms with Gasteiger partial charge in [-0.05, 0) is 130 Å². The monoisotopic (exact) mass is 728 g/mol. The van der Waals surface area contributed by atoms with E-state index in [1.54, 1.807) is 0 Å². The lowest BCUT2D eigenvalue weighted by molar-refractivity contribution is 0.661. The molecule has 0 saturated carbocycles. The minimum atomic E-state index is -0.0695. The second-order valence-corrected chi connectivity index (χ2v) is 17.1. The third-order valence-corrected chi connectivity index (χ3v) is 13.8. The summed E-state index contributed by atoms with van der Waals surface area (Å²) < 4.78 is 2.74. The predicted molar refractivity (Wildman–Crippen MR) is 243 cm³/mol. The van der Waals surface area contributed by atoms with Crippen LogP contribution in [0.2, 0.25) is 0 Å². The van der Waals surface area contributed by atoms with Gasteiger partial charge >= 0.3 is 0 Å². The Kier molecular flexibility index (Phi) is 6.66. The molecule has 0 bridgehead atoms. The molecule has 1 aliphatic carbocycles. The molecule has 1 heterocycles. The molecule has 0 fully saturated rings. The maximum absolute atomic E-state index is 2.49. The van der Waals surface area contributed by atoms with Gasteiger partial charge in [0, 0.05) is 31.0 Å². The van der Waals surface area contributed by atoms with Crippen LogP contribution < -0.4 is 0 Å². The van der Waals surface area contributed by atoms with Crippen LogP contribution in [0.5, 0.6) is 0 Å². The van der Waals surface area contributed by atoms with Crippen molar-refractivity contribution in [1.82, 2.24) is 0 Å². The van der Waals surface area contributed by atoms with E-state index in [0.29, 0.717) is 0 Å².